The number of nitrogens with two attached hydrogens (primary N) is 1. The van der Waals surface area contributed by atoms with Crippen LogP contribution in [0.3, 0.4) is 0 Å². The number of aliphatic hydroxyl groups is 1. The first-order valence-electron chi connectivity index (χ1n) is 4.49. The smallest absolute Gasteiger partial charge is 0.205 e. The summed E-state index contributed by atoms with van der Waals surface area (Å²) in [6.07, 6.45) is 1.49. The maximum absolute atomic E-state index is 11.8. The summed E-state index contributed by atoms with van der Waals surface area (Å²) in [5.74, 6) is 0. The molecule has 80 valence electrons. The summed E-state index contributed by atoms with van der Waals surface area (Å²) in [4.78, 5) is 0.285. The fourth-order valence-electron chi connectivity index (χ4n) is 1.68. The summed E-state index contributed by atoms with van der Waals surface area (Å²) in [5, 5.41) is 8.96. The minimum absolute atomic E-state index is 0.0402. The molecule has 0 unspecified atom stereocenters. The predicted molar refractivity (Wildman–Crippen MR) is 56.6 cm³/mol. The molecule has 0 saturated heterocycles. The lowest BCUT2D eigenvalue weighted by molar-refractivity contribution is 0.339. The van der Waals surface area contributed by atoms with Crippen LogP contribution in [0.15, 0.2) is 28.0 Å². The number of rotatable bonds is 2. The molecule has 3 N–H and O–H groups in total. The first kappa shape index (κ1) is 10.4. The van der Waals surface area contributed by atoms with E-state index in [-0.39, 0.29) is 16.3 Å². The molecule has 0 fully saturated rings. The van der Waals surface area contributed by atoms with Crippen molar-refractivity contribution < 1.29 is 13.5 Å². The monoisotopic (exact) mass is 225 g/mol. The highest BCUT2D eigenvalue weighted by Gasteiger charge is 2.29. The number of hydrogen-bond donors (Lipinski definition) is 2. The van der Waals surface area contributed by atoms with Crippen LogP contribution in [-0.4, -0.2) is 20.1 Å². The summed E-state index contributed by atoms with van der Waals surface area (Å²) in [5.41, 5.74) is 6.90. The van der Waals surface area contributed by atoms with Gasteiger partial charge in [-0.05, 0) is 23.3 Å². The van der Waals surface area contributed by atoms with Crippen LogP contribution >= 0.6 is 0 Å². The van der Waals surface area contributed by atoms with Crippen molar-refractivity contribution in [2.45, 2.75) is 11.4 Å². The van der Waals surface area contributed by atoms with E-state index in [0.717, 1.165) is 5.56 Å². The third kappa shape index (κ3) is 1.40. The minimum Gasteiger partial charge on any atom is -0.391 e. The minimum atomic E-state index is -3.47. The highest BCUT2D eigenvalue weighted by atomic mass is 32.2. The zero-order valence-corrected chi connectivity index (χ0v) is 8.79. The first-order chi connectivity index (χ1) is 7.11. The molecular formula is C10H11NO3S. The van der Waals surface area contributed by atoms with E-state index in [0.29, 0.717) is 5.56 Å². The Balaban J connectivity index is 2.73. The van der Waals surface area contributed by atoms with Crippen molar-refractivity contribution in [3.05, 3.63) is 34.2 Å². The Morgan fingerprint density at radius 1 is 1.33 bits per heavy atom. The number of sulfone groups is 1. The Kier molecular flexibility index (Phi) is 2.38. The quantitative estimate of drug-likeness (QED) is 0.757. The lowest BCUT2D eigenvalue weighted by Crippen LogP contribution is -2.05. The average molecular weight is 225 g/mol. The van der Waals surface area contributed by atoms with Crippen LogP contribution in [-0.2, 0) is 16.4 Å². The van der Waals surface area contributed by atoms with Gasteiger partial charge in [0.1, 0.15) is 0 Å². The Morgan fingerprint density at radius 2 is 2.07 bits per heavy atom. The maximum Gasteiger partial charge on any atom is 0.205 e. The second-order valence-corrected chi connectivity index (χ2v) is 5.28. The van der Waals surface area contributed by atoms with Crippen LogP contribution in [0.4, 0.5) is 0 Å². The lowest BCUT2D eigenvalue weighted by atomic mass is 10.1. The van der Waals surface area contributed by atoms with Crippen LogP contribution in [0.1, 0.15) is 11.1 Å². The fourth-order valence-corrected chi connectivity index (χ4v) is 3.14. The van der Waals surface area contributed by atoms with Crippen LogP contribution in [0.25, 0.3) is 6.08 Å². The van der Waals surface area contributed by atoms with Crippen molar-refractivity contribution in [3.8, 4) is 0 Å². The highest BCUT2D eigenvalue weighted by Crippen LogP contribution is 2.34. The van der Waals surface area contributed by atoms with Crippen LogP contribution in [0.2, 0.25) is 0 Å². The molecule has 0 aromatic heterocycles. The van der Waals surface area contributed by atoms with Gasteiger partial charge in [0.25, 0.3) is 0 Å². The average Bonchev–Trinajstić information content (AvgIpc) is 2.50. The van der Waals surface area contributed by atoms with E-state index in [9.17, 15) is 8.42 Å². The van der Waals surface area contributed by atoms with Gasteiger partial charge in [0.2, 0.25) is 9.84 Å². The normalized spacial score (nSPS) is 17.3. The van der Waals surface area contributed by atoms with Gasteiger partial charge in [-0.2, -0.15) is 0 Å². The Hall–Kier alpha value is -1.17. The Bertz CT molecular complexity index is 532. The summed E-state index contributed by atoms with van der Waals surface area (Å²) >= 11 is 0. The molecule has 0 amide bonds. The van der Waals surface area contributed by atoms with E-state index in [2.05, 4.69) is 0 Å². The molecule has 2 rings (SSSR count). The van der Waals surface area contributed by atoms with Gasteiger partial charge in [-0.1, -0.05) is 12.1 Å². The third-order valence-corrected chi connectivity index (χ3v) is 4.34. The van der Waals surface area contributed by atoms with Crippen molar-refractivity contribution in [3.63, 3.8) is 0 Å². The van der Waals surface area contributed by atoms with E-state index >= 15 is 0 Å². The molecule has 1 aliphatic rings. The molecule has 5 heteroatoms. The zero-order valence-electron chi connectivity index (χ0n) is 7.97. The number of aliphatic hydroxyl groups excluding tert-OH is 1. The van der Waals surface area contributed by atoms with Crippen molar-refractivity contribution in [2.75, 3.05) is 6.61 Å². The van der Waals surface area contributed by atoms with Crippen molar-refractivity contribution >= 4 is 15.9 Å². The molecule has 0 atom stereocenters. The molecule has 1 heterocycles. The fraction of sp³-hybridized carbons (Fsp3) is 0.200. The molecule has 1 aliphatic heterocycles. The number of fused-ring (bicyclic) bond motifs is 1. The van der Waals surface area contributed by atoms with Gasteiger partial charge >= 0.3 is 0 Å². The van der Waals surface area contributed by atoms with Crippen LogP contribution < -0.4 is 5.73 Å². The van der Waals surface area contributed by atoms with E-state index in [1.54, 1.807) is 12.1 Å². The molecule has 0 aliphatic carbocycles. The van der Waals surface area contributed by atoms with Crippen molar-refractivity contribution in [1.82, 2.24) is 0 Å². The summed E-state index contributed by atoms with van der Waals surface area (Å²) in [6.45, 7) is -0.186. The van der Waals surface area contributed by atoms with Crippen molar-refractivity contribution in [2.24, 2.45) is 5.73 Å². The predicted octanol–water partition coefficient (Wildman–Crippen LogP) is 0.266. The number of benzene rings is 1. The van der Waals surface area contributed by atoms with Crippen LogP contribution in [0, 0.1) is 0 Å². The molecule has 0 spiro atoms. The molecule has 4 nitrogen and oxygen atoms in total. The topological polar surface area (TPSA) is 80.4 Å². The zero-order chi connectivity index (χ0) is 11.1. The van der Waals surface area contributed by atoms with Crippen LogP contribution in [0.5, 0.6) is 0 Å². The van der Waals surface area contributed by atoms with E-state index in [1.807, 2.05) is 0 Å². The number of hydrogen-bond acceptors (Lipinski definition) is 4. The molecule has 0 saturated carbocycles. The third-order valence-electron chi connectivity index (χ3n) is 2.47. The standard InChI is InChI=1S/C10H11NO3S/c11-5-7-2-1-3-10-9(7)4-8(6-12)15(10,13)14/h1-4,12H,5-6,11H2. The molecular weight excluding hydrogens is 214 g/mol. The van der Waals surface area contributed by atoms with E-state index in [4.69, 9.17) is 10.8 Å². The molecule has 15 heavy (non-hydrogen) atoms. The highest BCUT2D eigenvalue weighted by molar-refractivity contribution is 7.95. The molecule has 1 aromatic rings. The van der Waals surface area contributed by atoms with Crippen molar-refractivity contribution in [1.29, 1.82) is 0 Å². The van der Waals surface area contributed by atoms with E-state index < -0.39 is 16.4 Å². The van der Waals surface area contributed by atoms with E-state index in [1.165, 1.54) is 12.1 Å². The lowest BCUT2D eigenvalue weighted by Gasteiger charge is -2.03. The SMILES string of the molecule is NCc1cccc2c1C=C(CO)S2(=O)=O. The maximum atomic E-state index is 11.8. The molecule has 0 radical (unpaired) electrons. The second-order valence-electron chi connectivity index (χ2n) is 3.31. The molecule has 0 bridgehead atoms. The van der Waals surface area contributed by atoms with Gasteiger partial charge in [0, 0.05) is 6.54 Å². The van der Waals surface area contributed by atoms with Gasteiger partial charge in [-0.25, -0.2) is 8.42 Å². The van der Waals surface area contributed by atoms with Gasteiger partial charge < -0.3 is 10.8 Å². The summed E-state index contributed by atoms with van der Waals surface area (Å²) in [7, 11) is -3.47. The Labute approximate surface area is 88.0 Å². The largest absolute Gasteiger partial charge is 0.391 e. The van der Waals surface area contributed by atoms with Gasteiger partial charge in [-0.15, -0.1) is 0 Å². The second kappa shape index (κ2) is 3.44. The summed E-state index contributed by atoms with van der Waals surface area (Å²) in [6, 6.07) is 4.97. The Morgan fingerprint density at radius 3 is 2.67 bits per heavy atom. The first-order valence-corrected chi connectivity index (χ1v) is 5.98. The molecule has 1 aromatic carbocycles. The summed E-state index contributed by atoms with van der Waals surface area (Å²) < 4.78 is 23.6. The van der Waals surface area contributed by atoms with Gasteiger partial charge in [-0.3, -0.25) is 0 Å². The van der Waals surface area contributed by atoms with Gasteiger partial charge in [0.15, 0.2) is 0 Å². The van der Waals surface area contributed by atoms with Gasteiger partial charge in [0.05, 0.1) is 16.4 Å².